The molecule has 0 N–H and O–H groups in total. The van der Waals surface area contributed by atoms with Crippen LogP contribution in [0.1, 0.15) is 33.0 Å². The lowest BCUT2D eigenvalue weighted by Gasteiger charge is -2.09. The maximum atomic E-state index is 14.5. The molecule has 0 saturated carbocycles. The topological polar surface area (TPSA) is 90.9 Å². The number of carbonyl (C=O) groups excluding carboxylic acids is 1. The number of nitro benzene ring substituents is 1. The molecule has 1 aliphatic carbocycles. The summed E-state index contributed by atoms with van der Waals surface area (Å²) >= 11 is 1.18. The van der Waals surface area contributed by atoms with Crippen molar-refractivity contribution in [1.29, 1.82) is 0 Å². The highest BCUT2D eigenvalue weighted by Gasteiger charge is 2.27. The number of hydrogen-bond donors (Lipinski definition) is 0. The Bertz CT molecular complexity index is 1400. The molecule has 0 fully saturated rings. The Morgan fingerprint density at radius 3 is 2.82 bits per heavy atom. The van der Waals surface area contributed by atoms with Gasteiger partial charge in [0.2, 0.25) is 5.82 Å². The lowest BCUT2D eigenvalue weighted by Crippen LogP contribution is -2.09. The predicted molar refractivity (Wildman–Crippen MR) is 118 cm³/mol. The molecule has 0 amide bonds. The average Bonchev–Trinajstić information content (AvgIpc) is 3.44. The Labute approximate surface area is 190 Å². The van der Waals surface area contributed by atoms with E-state index in [4.69, 9.17) is 0 Å². The standard InChI is InChI=1S/C23H16F2N4O3S/c24-17-6-7-19(29(31)32)21(25)16(17)11-20(30)23-27-18-3-1-2-13-4-5-14(28-9-8-26-12-28)10-15(13)22(18)33-23/h4-10,12H,1-3,11H2. The molecule has 0 radical (unpaired) electrons. The first-order valence-electron chi connectivity index (χ1n) is 10.2. The van der Waals surface area contributed by atoms with Crippen molar-refractivity contribution in [3.8, 4) is 16.1 Å². The van der Waals surface area contributed by atoms with Crippen LogP contribution in [0.2, 0.25) is 0 Å². The van der Waals surface area contributed by atoms with Gasteiger partial charge in [0.05, 0.1) is 21.8 Å². The van der Waals surface area contributed by atoms with Gasteiger partial charge in [-0.05, 0) is 48.6 Å². The molecule has 10 heteroatoms. The van der Waals surface area contributed by atoms with Gasteiger partial charge in [-0.3, -0.25) is 14.9 Å². The molecule has 2 heterocycles. The van der Waals surface area contributed by atoms with Crippen molar-refractivity contribution in [1.82, 2.24) is 14.5 Å². The summed E-state index contributed by atoms with van der Waals surface area (Å²) in [5.74, 6) is -2.92. The van der Waals surface area contributed by atoms with Crippen molar-refractivity contribution in [2.24, 2.45) is 0 Å². The van der Waals surface area contributed by atoms with Gasteiger partial charge in [0, 0.05) is 36.1 Å². The highest BCUT2D eigenvalue weighted by Crippen LogP contribution is 2.38. The number of ketones is 1. The highest BCUT2D eigenvalue weighted by atomic mass is 32.1. The summed E-state index contributed by atoms with van der Waals surface area (Å²) in [6.45, 7) is 0. The SMILES string of the molecule is O=C(Cc1c(F)ccc([N+](=O)[O-])c1F)c1nc2c(s1)-c1cc(-n3ccnc3)ccc1CCC2. The second-order valence-electron chi connectivity index (χ2n) is 7.68. The fourth-order valence-electron chi connectivity index (χ4n) is 3.99. The fourth-order valence-corrected chi connectivity index (χ4v) is 5.09. The summed E-state index contributed by atoms with van der Waals surface area (Å²) < 4.78 is 30.5. The van der Waals surface area contributed by atoms with Gasteiger partial charge in [-0.25, -0.2) is 14.4 Å². The summed E-state index contributed by atoms with van der Waals surface area (Å²) in [6.07, 6.45) is 6.98. The Morgan fingerprint density at radius 2 is 2.06 bits per heavy atom. The highest BCUT2D eigenvalue weighted by molar-refractivity contribution is 7.17. The number of aromatic nitrogens is 3. The zero-order valence-electron chi connectivity index (χ0n) is 17.1. The number of benzene rings is 2. The van der Waals surface area contributed by atoms with Crippen molar-refractivity contribution < 1.29 is 18.5 Å². The number of halogens is 2. The van der Waals surface area contributed by atoms with Gasteiger partial charge in [-0.2, -0.15) is 4.39 Å². The molecule has 1 aliphatic rings. The molecule has 166 valence electrons. The summed E-state index contributed by atoms with van der Waals surface area (Å²) in [7, 11) is 0. The van der Waals surface area contributed by atoms with Crippen molar-refractivity contribution >= 4 is 22.8 Å². The first kappa shape index (κ1) is 21.1. The van der Waals surface area contributed by atoms with Gasteiger partial charge in [0.25, 0.3) is 0 Å². The van der Waals surface area contributed by atoms with Crippen LogP contribution in [0.5, 0.6) is 0 Å². The predicted octanol–water partition coefficient (Wildman–Crippen LogP) is 5.10. The smallest absolute Gasteiger partial charge is 0.305 e. The molecule has 5 rings (SSSR count). The molecule has 4 aromatic rings. The van der Waals surface area contributed by atoms with Crippen LogP contribution in [0, 0.1) is 21.7 Å². The van der Waals surface area contributed by atoms with Crippen LogP contribution >= 0.6 is 11.3 Å². The third-order valence-corrected chi connectivity index (χ3v) is 6.81. The second kappa shape index (κ2) is 8.28. The molecular formula is C23H16F2N4O3S. The van der Waals surface area contributed by atoms with Crippen LogP contribution < -0.4 is 0 Å². The molecular weight excluding hydrogens is 450 g/mol. The molecule has 0 aliphatic heterocycles. The van der Waals surface area contributed by atoms with Gasteiger partial charge < -0.3 is 4.57 Å². The Balaban J connectivity index is 1.51. The van der Waals surface area contributed by atoms with Crippen molar-refractivity contribution in [2.45, 2.75) is 25.7 Å². The Morgan fingerprint density at radius 1 is 1.21 bits per heavy atom. The van der Waals surface area contributed by atoms with E-state index in [1.165, 1.54) is 11.3 Å². The van der Waals surface area contributed by atoms with Crippen molar-refractivity contribution in [2.75, 3.05) is 0 Å². The number of rotatable bonds is 5. The number of nitrogens with zero attached hydrogens (tertiary/aromatic N) is 4. The lowest BCUT2D eigenvalue weighted by molar-refractivity contribution is -0.387. The van der Waals surface area contributed by atoms with E-state index in [1.54, 1.807) is 12.5 Å². The van der Waals surface area contributed by atoms with Crippen LogP contribution in [-0.4, -0.2) is 25.2 Å². The number of thiazole rings is 1. The van der Waals surface area contributed by atoms with Gasteiger partial charge in [0.15, 0.2) is 10.8 Å². The van der Waals surface area contributed by atoms with Crippen LogP contribution in [0.3, 0.4) is 0 Å². The molecule has 0 atom stereocenters. The molecule has 0 unspecified atom stereocenters. The van der Waals surface area contributed by atoms with E-state index in [1.807, 2.05) is 22.9 Å². The Kier molecular flexibility index (Phi) is 5.29. The quantitative estimate of drug-likeness (QED) is 0.232. The monoisotopic (exact) mass is 466 g/mol. The maximum absolute atomic E-state index is 14.5. The molecule has 2 aromatic heterocycles. The first-order valence-corrected chi connectivity index (χ1v) is 11.0. The normalized spacial score (nSPS) is 12.7. The molecule has 7 nitrogen and oxygen atoms in total. The number of Topliss-reactive ketones (excluding diaryl/α,β-unsaturated/α-hetero) is 1. The number of carbonyl (C=O) groups is 1. The minimum absolute atomic E-state index is 0.131. The summed E-state index contributed by atoms with van der Waals surface area (Å²) in [5.41, 5.74) is 2.30. The van der Waals surface area contributed by atoms with E-state index in [0.29, 0.717) is 6.42 Å². The van der Waals surface area contributed by atoms with Crippen molar-refractivity contribution in [3.63, 3.8) is 0 Å². The van der Waals surface area contributed by atoms with Crippen LogP contribution in [0.25, 0.3) is 16.1 Å². The zero-order valence-corrected chi connectivity index (χ0v) is 17.9. The first-order chi connectivity index (χ1) is 15.9. The number of nitro groups is 1. The van der Waals surface area contributed by atoms with E-state index < -0.39 is 40.0 Å². The van der Waals surface area contributed by atoms with Crippen LogP contribution in [-0.2, 0) is 19.3 Å². The van der Waals surface area contributed by atoms with E-state index in [9.17, 15) is 23.7 Å². The van der Waals surface area contributed by atoms with Gasteiger partial charge in [-0.1, -0.05) is 6.07 Å². The average molecular weight is 466 g/mol. The zero-order chi connectivity index (χ0) is 23.1. The van der Waals surface area contributed by atoms with Crippen LogP contribution in [0.4, 0.5) is 14.5 Å². The van der Waals surface area contributed by atoms with Crippen LogP contribution in [0.15, 0.2) is 49.1 Å². The summed E-state index contributed by atoms with van der Waals surface area (Å²) in [6, 6.07) is 7.63. The third kappa shape index (κ3) is 3.82. The summed E-state index contributed by atoms with van der Waals surface area (Å²) in [5, 5.41) is 11.1. The van der Waals surface area contributed by atoms with Gasteiger partial charge in [0.1, 0.15) is 5.82 Å². The fraction of sp³-hybridized carbons (Fsp3) is 0.174. The van der Waals surface area contributed by atoms with Gasteiger partial charge >= 0.3 is 5.69 Å². The third-order valence-electron chi connectivity index (χ3n) is 5.64. The number of fused-ring (bicyclic) bond motifs is 3. The summed E-state index contributed by atoms with van der Waals surface area (Å²) in [4.78, 5) is 32.4. The molecule has 0 spiro atoms. The molecule has 2 aromatic carbocycles. The molecule has 33 heavy (non-hydrogen) atoms. The number of imidazole rings is 1. The van der Waals surface area contributed by atoms with Crippen molar-refractivity contribution in [3.05, 3.63) is 92.6 Å². The van der Waals surface area contributed by atoms with E-state index in [0.717, 1.165) is 52.4 Å². The second-order valence-corrected chi connectivity index (χ2v) is 8.67. The van der Waals surface area contributed by atoms with Gasteiger partial charge in [-0.15, -0.1) is 11.3 Å². The lowest BCUT2D eigenvalue weighted by atomic mass is 10.0. The maximum Gasteiger partial charge on any atom is 0.305 e. The number of hydrogen-bond acceptors (Lipinski definition) is 6. The Hall–Kier alpha value is -3.79. The minimum atomic E-state index is -1.33. The minimum Gasteiger partial charge on any atom is -0.306 e. The molecule has 0 bridgehead atoms. The largest absolute Gasteiger partial charge is 0.306 e. The molecule has 0 saturated heterocycles. The van der Waals surface area contributed by atoms with E-state index in [-0.39, 0.29) is 5.01 Å². The van der Waals surface area contributed by atoms with E-state index in [2.05, 4.69) is 16.0 Å². The van der Waals surface area contributed by atoms with E-state index >= 15 is 0 Å². The number of aryl methyl sites for hydroxylation is 2.